The molecule has 0 spiro atoms. The molecule has 3 N–H and O–H groups in total. The maximum Gasteiger partial charge on any atom is 0.245 e. The second kappa shape index (κ2) is 4.75. The van der Waals surface area contributed by atoms with Gasteiger partial charge in [0.1, 0.15) is 12.1 Å². The summed E-state index contributed by atoms with van der Waals surface area (Å²) in [4.78, 5) is 15.3. The van der Waals surface area contributed by atoms with E-state index in [-0.39, 0.29) is 13.2 Å². The number of ether oxygens (including phenoxy) is 1. The Labute approximate surface area is 91.9 Å². The zero-order valence-corrected chi connectivity index (χ0v) is 8.90. The summed E-state index contributed by atoms with van der Waals surface area (Å²) in [6, 6.07) is 0. The zero-order chi connectivity index (χ0) is 11.4. The van der Waals surface area contributed by atoms with E-state index < -0.39 is 0 Å². The van der Waals surface area contributed by atoms with Crippen LogP contribution in [0.15, 0.2) is 6.33 Å². The topological polar surface area (TPSA) is 96.0 Å². The molecule has 0 unspecified atom stereocenters. The van der Waals surface area contributed by atoms with Crippen molar-refractivity contribution < 1.29 is 9.84 Å². The molecule has 2 rings (SSSR count). The summed E-state index contributed by atoms with van der Waals surface area (Å²) in [5.41, 5.74) is 1.17. The molecule has 2 aromatic rings. The third-order valence-electron chi connectivity index (χ3n) is 1.92. The molecule has 2 aromatic heterocycles. The maximum atomic E-state index is 8.71. The first-order chi connectivity index (χ1) is 7.85. The largest absolute Gasteiger partial charge is 0.474 e. The first-order valence-electron chi connectivity index (χ1n) is 5.03. The van der Waals surface area contributed by atoms with Crippen LogP contribution in [0.3, 0.4) is 0 Å². The molecule has 0 amide bonds. The Morgan fingerprint density at radius 2 is 2.38 bits per heavy atom. The predicted molar refractivity (Wildman–Crippen MR) is 58.4 cm³/mol. The number of anilines is 1. The number of fused-ring (bicyclic) bond motifs is 1. The summed E-state index contributed by atoms with van der Waals surface area (Å²) in [6.45, 7) is 2.80. The van der Waals surface area contributed by atoms with Gasteiger partial charge in [-0.1, -0.05) is 0 Å². The van der Waals surface area contributed by atoms with E-state index in [4.69, 9.17) is 9.84 Å². The SMILES string of the molecule is CCNc1nc(OCCO)c2[nH]cnc2n1. The van der Waals surface area contributed by atoms with E-state index in [0.717, 1.165) is 6.54 Å². The molecule has 0 aliphatic rings. The third kappa shape index (κ3) is 2.03. The molecule has 0 saturated heterocycles. The predicted octanol–water partition coefficient (Wildman–Crippen LogP) is 0.156. The van der Waals surface area contributed by atoms with Crippen LogP contribution < -0.4 is 10.1 Å². The lowest BCUT2D eigenvalue weighted by atomic mass is 10.5. The van der Waals surface area contributed by atoms with Gasteiger partial charge in [0.05, 0.1) is 12.9 Å². The molecule has 2 heterocycles. The number of aliphatic hydroxyl groups excluding tert-OH is 1. The van der Waals surface area contributed by atoms with Crippen molar-refractivity contribution >= 4 is 17.1 Å². The number of aromatic nitrogens is 4. The van der Waals surface area contributed by atoms with Crippen molar-refractivity contribution in [2.24, 2.45) is 0 Å². The average molecular weight is 223 g/mol. The molecule has 86 valence electrons. The van der Waals surface area contributed by atoms with E-state index in [1.54, 1.807) is 0 Å². The summed E-state index contributed by atoms with van der Waals surface area (Å²) in [5, 5.41) is 11.7. The van der Waals surface area contributed by atoms with Gasteiger partial charge < -0.3 is 20.1 Å². The number of H-pyrrole nitrogens is 1. The van der Waals surface area contributed by atoms with Crippen LogP contribution in [-0.2, 0) is 0 Å². The fourth-order valence-corrected chi connectivity index (χ4v) is 1.29. The Balaban J connectivity index is 2.38. The van der Waals surface area contributed by atoms with Crippen molar-refractivity contribution in [1.82, 2.24) is 19.9 Å². The molecule has 0 aliphatic carbocycles. The zero-order valence-electron chi connectivity index (χ0n) is 8.90. The van der Waals surface area contributed by atoms with Crippen LogP contribution in [0.4, 0.5) is 5.95 Å². The molecule has 16 heavy (non-hydrogen) atoms. The van der Waals surface area contributed by atoms with Gasteiger partial charge in [0.15, 0.2) is 5.65 Å². The Morgan fingerprint density at radius 3 is 3.12 bits per heavy atom. The van der Waals surface area contributed by atoms with Gasteiger partial charge in [-0.25, -0.2) is 4.98 Å². The van der Waals surface area contributed by atoms with Crippen molar-refractivity contribution in [3.8, 4) is 5.88 Å². The lowest BCUT2D eigenvalue weighted by molar-refractivity contribution is 0.198. The highest BCUT2D eigenvalue weighted by molar-refractivity contribution is 5.76. The Bertz CT molecular complexity index is 470. The molecule has 0 atom stereocenters. The molecule has 0 saturated carbocycles. The van der Waals surface area contributed by atoms with Gasteiger partial charge in [0.2, 0.25) is 11.8 Å². The Hall–Kier alpha value is -1.89. The molecule has 7 nitrogen and oxygen atoms in total. The summed E-state index contributed by atoms with van der Waals surface area (Å²) in [7, 11) is 0. The van der Waals surface area contributed by atoms with Crippen LogP contribution in [0, 0.1) is 0 Å². The summed E-state index contributed by atoms with van der Waals surface area (Å²) >= 11 is 0. The number of aliphatic hydroxyl groups is 1. The average Bonchev–Trinajstić information content (AvgIpc) is 2.74. The van der Waals surface area contributed by atoms with Crippen LogP contribution in [0.1, 0.15) is 6.92 Å². The van der Waals surface area contributed by atoms with E-state index in [0.29, 0.717) is 23.0 Å². The fraction of sp³-hybridized carbons (Fsp3) is 0.444. The number of hydrogen-bond donors (Lipinski definition) is 3. The van der Waals surface area contributed by atoms with Gasteiger partial charge in [-0.05, 0) is 6.92 Å². The van der Waals surface area contributed by atoms with Gasteiger partial charge in [-0.2, -0.15) is 9.97 Å². The molecule has 0 aliphatic heterocycles. The molecule has 0 fully saturated rings. The van der Waals surface area contributed by atoms with Crippen molar-refractivity contribution in [1.29, 1.82) is 0 Å². The van der Waals surface area contributed by atoms with E-state index >= 15 is 0 Å². The van der Waals surface area contributed by atoms with Gasteiger partial charge in [-0.3, -0.25) is 0 Å². The molecule has 0 radical (unpaired) electrons. The minimum Gasteiger partial charge on any atom is -0.474 e. The van der Waals surface area contributed by atoms with Crippen molar-refractivity contribution in [3.63, 3.8) is 0 Å². The van der Waals surface area contributed by atoms with Gasteiger partial charge in [-0.15, -0.1) is 0 Å². The monoisotopic (exact) mass is 223 g/mol. The highest BCUT2D eigenvalue weighted by Gasteiger charge is 2.10. The second-order valence-electron chi connectivity index (χ2n) is 3.06. The molecular formula is C9H13N5O2. The summed E-state index contributed by atoms with van der Waals surface area (Å²) in [5.74, 6) is 0.863. The van der Waals surface area contributed by atoms with Gasteiger partial charge in [0.25, 0.3) is 0 Å². The number of imidazole rings is 1. The molecule has 0 aromatic carbocycles. The Kier molecular flexibility index (Phi) is 3.16. The van der Waals surface area contributed by atoms with E-state index in [9.17, 15) is 0 Å². The normalized spacial score (nSPS) is 10.6. The maximum absolute atomic E-state index is 8.71. The van der Waals surface area contributed by atoms with Crippen LogP contribution in [-0.4, -0.2) is 44.8 Å². The van der Waals surface area contributed by atoms with Crippen LogP contribution in [0.25, 0.3) is 11.2 Å². The van der Waals surface area contributed by atoms with Crippen LogP contribution in [0.2, 0.25) is 0 Å². The van der Waals surface area contributed by atoms with Crippen molar-refractivity contribution in [2.45, 2.75) is 6.92 Å². The number of nitrogens with one attached hydrogen (secondary N) is 2. The Morgan fingerprint density at radius 1 is 1.50 bits per heavy atom. The second-order valence-corrected chi connectivity index (χ2v) is 3.06. The van der Waals surface area contributed by atoms with Crippen LogP contribution in [0.5, 0.6) is 5.88 Å². The third-order valence-corrected chi connectivity index (χ3v) is 1.92. The minimum atomic E-state index is -0.0594. The molecule has 7 heteroatoms. The number of aromatic amines is 1. The first kappa shape index (κ1) is 10.6. The standard InChI is InChI=1S/C9H13N5O2/c1-2-10-9-13-7-6(11-5-12-7)8(14-9)16-4-3-15/h5,15H,2-4H2,1H3,(H2,10,11,12,13,14). The minimum absolute atomic E-state index is 0.0594. The lowest BCUT2D eigenvalue weighted by Crippen LogP contribution is -2.07. The molecule has 0 bridgehead atoms. The molecular weight excluding hydrogens is 210 g/mol. The lowest BCUT2D eigenvalue weighted by Gasteiger charge is -2.06. The number of nitrogens with zero attached hydrogens (tertiary/aromatic N) is 3. The quantitative estimate of drug-likeness (QED) is 0.668. The highest BCUT2D eigenvalue weighted by atomic mass is 16.5. The van der Waals surface area contributed by atoms with Gasteiger partial charge in [0, 0.05) is 6.54 Å². The van der Waals surface area contributed by atoms with Crippen molar-refractivity contribution in [2.75, 3.05) is 25.1 Å². The fourth-order valence-electron chi connectivity index (χ4n) is 1.29. The van der Waals surface area contributed by atoms with E-state index in [2.05, 4.69) is 25.3 Å². The van der Waals surface area contributed by atoms with E-state index in [1.807, 2.05) is 6.92 Å². The summed E-state index contributed by atoms with van der Waals surface area (Å²) in [6.07, 6.45) is 1.53. The first-order valence-corrected chi connectivity index (χ1v) is 5.03. The smallest absolute Gasteiger partial charge is 0.245 e. The highest BCUT2D eigenvalue weighted by Crippen LogP contribution is 2.20. The summed E-state index contributed by atoms with van der Waals surface area (Å²) < 4.78 is 5.30. The number of rotatable bonds is 5. The van der Waals surface area contributed by atoms with Crippen molar-refractivity contribution in [3.05, 3.63) is 6.33 Å². The van der Waals surface area contributed by atoms with Gasteiger partial charge >= 0.3 is 0 Å². The number of hydrogen-bond acceptors (Lipinski definition) is 6. The van der Waals surface area contributed by atoms with Crippen LogP contribution >= 0.6 is 0 Å². The van der Waals surface area contributed by atoms with E-state index in [1.165, 1.54) is 6.33 Å².